The molecule has 0 bridgehead atoms. The molecule has 1 saturated heterocycles. The molecule has 38 heavy (non-hydrogen) atoms. The van der Waals surface area contributed by atoms with Crippen LogP contribution in [0.1, 0.15) is 21.7 Å². The van der Waals surface area contributed by atoms with Crippen molar-refractivity contribution in [1.82, 2.24) is 9.88 Å². The number of aromatic nitrogens is 1. The van der Waals surface area contributed by atoms with E-state index in [-0.39, 0.29) is 18.9 Å². The third kappa shape index (κ3) is 4.37. The molecule has 0 saturated carbocycles. The summed E-state index contributed by atoms with van der Waals surface area (Å²) in [5, 5.41) is 1.77. The molecular formula is C29H20FN3O4S. The summed E-state index contributed by atoms with van der Waals surface area (Å²) in [6.45, 7) is 0.0607. The number of amides is 3. The SMILES string of the molecule is O=C1CC(N(Cc2ccc(F)cc2)C(=O)c2cccs2)C(=O)N1c1ccc(-c2nc3ccccc3o2)cc1. The Morgan fingerprint density at radius 3 is 2.47 bits per heavy atom. The minimum Gasteiger partial charge on any atom is -0.436 e. The van der Waals surface area contributed by atoms with Gasteiger partial charge in [-0.2, -0.15) is 0 Å². The molecule has 0 N–H and O–H groups in total. The van der Waals surface area contributed by atoms with Crippen LogP contribution in [-0.2, 0) is 16.1 Å². The molecule has 0 radical (unpaired) electrons. The summed E-state index contributed by atoms with van der Waals surface area (Å²) in [6, 6.07) is 22.4. The fraction of sp³-hybridized carbons (Fsp3) is 0.103. The predicted octanol–water partition coefficient (Wildman–Crippen LogP) is 5.67. The molecule has 1 atom stereocenters. The monoisotopic (exact) mass is 525 g/mol. The topological polar surface area (TPSA) is 83.7 Å². The van der Waals surface area contributed by atoms with Crippen LogP contribution in [-0.4, -0.2) is 33.6 Å². The number of imide groups is 1. The lowest BCUT2D eigenvalue weighted by molar-refractivity contribution is -0.122. The number of benzene rings is 3. The lowest BCUT2D eigenvalue weighted by Gasteiger charge is -2.27. The number of halogens is 1. The highest BCUT2D eigenvalue weighted by Gasteiger charge is 2.44. The van der Waals surface area contributed by atoms with E-state index < -0.39 is 23.7 Å². The highest BCUT2D eigenvalue weighted by atomic mass is 32.1. The Kier molecular flexibility index (Phi) is 6.05. The van der Waals surface area contributed by atoms with Gasteiger partial charge in [-0.1, -0.05) is 30.3 Å². The van der Waals surface area contributed by atoms with Gasteiger partial charge in [-0.05, 0) is 65.5 Å². The van der Waals surface area contributed by atoms with Crippen LogP contribution in [0.5, 0.6) is 0 Å². The highest BCUT2D eigenvalue weighted by molar-refractivity contribution is 7.12. The maximum Gasteiger partial charge on any atom is 0.264 e. The van der Waals surface area contributed by atoms with E-state index in [1.54, 1.807) is 53.9 Å². The Bertz CT molecular complexity index is 1610. The molecule has 9 heteroatoms. The molecule has 6 rings (SSSR count). The molecule has 1 aliphatic rings. The van der Waals surface area contributed by atoms with Gasteiger partial charge in [0.15, 0.2) is 5.58 Å². The van der Waals surface area contributed by atoms with Gasteiger partial charge >= 0.3 is 0 Å². The lowest BCUT2D eigenvalue weighted by Crippen LogP contribution is -2.44. The fourth-order valence-corrected chi connectivity index (χ4v) is 5.21. The van der Waals surface area contributed by atoms with Crippen LogP contribution in [0.4, 0.5) is 10.1 Å². The minimum absolute atomic E-state index is 0.0607. The second-order valence-electron chi connectivity index (χ2n) is 8.86. The first-order chi connectivity index (χ1) is 18.5. The second kappa shape index (κ2) is 9.68. The Labute approximate surface area is 220 Å². The van der Waals surface area contributed by atoms with Gasteiger partial charge in [-0.25, -0.2) is 14.3 Å². The number of carbonyl (C=O) groups is 3. The molecule has 3 aromatic carbocycles. The van der Waals surface area contributed by atoms with Gasteiger partial charge in [0.2, 0.25) is 11.8 Å². The Hall–Kier alpha value is -4.63. The van der Waals surface area contributed by atoms with Crippen LogP contribution in [0.2, 0.25) is 0 Å². The summed E-state index contributed by atoms with van der Waals surface area (Å²) < 4.78 is 19.3. The maximum absolute atomic E-state index is 13.6. The molecule has 2 aromatic heterocycles. The number of rotatable bonds is 6. The van der Waals surface area contributed by atoms with E-state index in [1.807, 2.05) is 24.3 Å². The smallest absolute Gasteiger partial charge is 0.264 e. The zero-order valence-corrected chi connectivity index (χ0v) is 20.7. The van der Waals surface area contributed by atoms with Crippen molar-refractivity contribution in [1.29, 1.82) is 0 Å². The first kappa shape index (κ1) is 23.7. The zero-order valence-electron chi connectivity index (χ0n) is 19.9. The number of oxazole rings is 1. The Balaban J connectivity index is 1.28. The molecule has 3 heterocycles. The van der Waals surface area contributed by atoms with Gasteiger partial charge in [0.05, 0.1) is 17.0 Å². The maximum atomic E-state index is 13.6. The number of carbonyl (C=O) groups excluding carboxylic acids is 3. The van der Waals surface area contributed by atoms with Crippen LogP contribution in [0.3, 0.4) is 0 Å². The minimum atomic E-state index is -0.987. The molecule has 1 unspecified atom stereocenters. The summed E-state index contributed by atoms with van der Waals surface area (Å²) in [7, 11) is 0. The van der Waals surface area contributed by atoms with E-state index >= 15 is 0 Å². The number of fused-ring (bicyclic) bond motifs is 1. The van der Waals surface area contributed by atoms with E-state index in [9.17, 15) is 18.8 Å². The summed E-state index contributed by atoms with van der Waals surface area (Å²) in [5.41, 5.74) is 3.14. The standard InChI is InChI=1S/C29H20FN3O4S/c30-20-11-7-18(8-12-20)17-32(29(36)25-6-3-15-38-25)23-16-26(34)33(28(23)35)21-13-9-19(10-14-21)27-31-22-4-1-2-5-24(22)37-27/h1-15,23H,16-17H2. The number of nitrogens with zero attached hydrogens (tertiary/aromatic N) is 3. The van der Waals surface area contributed by atoms with Gasteiger partial charge in [-0.15, -0.1) is 11.3 Å². The normalized spacial score (nSPS) is 15.4. The lowest BCUT2D eigenvalue weighted by atomic mass is 10.1. The van der Waals surface area contributed by atoms with Gasteiger partial charge < -0.3 is 9.32 Å². The van der Waals surface area contributed by atoms with Crippen LogP contribution in [0, 0.1) is 5.82 Å². The van der Waals surface area contributed by atoms with Crippen molar-refractivity contribution < 1.29 is 23.2 Å². The highest BCUT2D eigenvalue weighted by Crippen LogP contribution is 2.31. The molecule has 5 aromatic rings. The van der Waals surface area contributed by atoms with Gasteiger partial charge in [-0.3, -0.25) is 14.4 Å². The molecule has 7 nitrogen and oxygen atoms in total. The van der Waals surface area contributed by atoms with Crippen molar-refractivity contribution in [2.24, 2.45) is 0 Å². The molecule has 188 valence electrons. The van der Waals surface area contributed by atoms with E-state index in [0.717, 1.165) is 10.4 Å². The number of hydrogen-bond donors (Lipinski definition) is 0. The van der Waals surface area contributed by atoms with Gasteiger partial charge in [0.25, 0.3) is 11.8 Å². The van der Waals surface area contributed by atoms with Crippen LogP contribution >= 0.6 is 11.3 Å². The Morgan fingerprint density at radius 2 is 1.76 bits per heavy atom. The molecule has 1 fully saturated rings. The average Bonchev–Trinajstić information content (AvgIpc) is 3.68. The van der Waals surface area contributed by atoms with Gasteiger partial charge in [0.1, 0.15) is 17.4 Å². The van der Waals surface area contributed by atoms with Crippen LogP contribution < -0.4 is 4.90 Å². The first-order valence-corrected chi connectivity index (χ1v) is 12.8. The van der Waals surface area contributed by atoms with Crippen molar-refractivity contribution in [2.45, 2.75) is 19.0 Å². The first-order valence-electron chi connectivity index (χ1n) is 11.9. The van der Waals surface area contributed by atoms with Crippen LogP contribution in [0.25, 0.3) is 22.6 Å². The third-order valence-electron chi connectivity index (χ3n) is 6.42. The largest absolute Gasteiger partial charge is 0.436 e. The summed E-state index contributed by atoms with van der Waals surface area (Å²) >= 11 is 1.26. The van der Waals surface area contributed by atoms with Crippen LogP contribution in [0.15, 0.2) is 94.7 Å². The Morgan fingerprint density at radius 1 is 1.00 bits per heavy atom. The summed E-state index contributed by atoms with van der Waals surface area (Å²) in [4.78, 5) is 47.5. The van der Waals surface area contributed by atoms with Gasteiger partial charge in [0, 0.05) is 12.1 Å². The van der Waals surface area contributed by atoms with E-state index in [4.69, 9.17) is 4.42 Å². The van der Waals surface area contributed by atoms with E-state index in [2.05, 4.69) is 4.98 Å². The second-order valence-corrected chi connectivity index (χ2v) is 9.81. The van der Waals surface area contributed by atoms with E-state index in [0.29, 0.717) is 33.2 Å². The molecule has 0 spiro atoms. The van der Waals surface area contributed by atoms with Crippen molar-refractivity contribution in [3.8, 4) is 11.5 Å². The number of anilines is 1. The number of para-hydroxylation sites is 2. The number of thiophene rings is 1. The zero-order chi connectivity index (χ0) is 26.2. The quantitative estimate of drug-likeness (QED) is 0.267. The third-order valence-corrected chi connectivity index (χ3v) is 7.28. The van der Waals surface area contributed by atoms with Crippen molar-refractivity contribution >= 4 is 45.8 Å². The summed E-state index contributed by atoms with van der Waals surface area (Å²) in [6.07, 6.45) is -0.149. The molecule has 1 aliphatic heterocycles. The molecule has 0 aliphatic carbocycles. The number of hydrogen-bond acceptors (Lipinski definition) is 6. The van der Waals surface area contributed by atoms with E-state index in [1.165, 1.54) is 28.4 Å². The molecular weight excluding hydrogens is 505 g/mol. The fourth-order valence-electron chi connectivity index (χ4n) is 4.53. The van der Waals surface area contributed by atoms with Crippen molar-refractivity contribution in [3.05, 3.63) is 107 Å². The van der Waals surface area contributed by atoms with Crippen molar-refractivity contribution in [2.75, 3.05) is 4.90 Å². The predicted molar refractivity (Wildman–Crippen MR) is 141 cm³/mol. The van der Waals surface area contributed by atoms with Crippen molar-refractivity contribution in [3.63, 3.8) is 0 Å². The summed E-state index contributed by atoms with van der Waals surface area (Å²) in [5.74, 6) is -1.22. The average molecular weight is 526 g/mol. The molecule has 3 amide bonds.